The van der Waals surface area contributed by atoms with Crippen LogP contribution in [0.5, 0.6) is 0 Å². The van der Waals surface area contributed by atoms with E-state index in [1.807, 2.05) is 0 Å². The maximum atomic E-state index is 12.9. The van der Waals surface area contributed by atoms with Crippen LogP contribution in [0.15, 0.2) is 12.2 Å². The quantitative estimate of drug-likeness (QED) is 0.0261. The lowest BCUT2D eigenvalue weighted by molar-refractivity contribution is -0.167. The standard InChI is InChI=1S/C73H140O6/c1-4-7-10-13-16-19-21-23-25-27-29-30-31-32-33-34-35-36-37-38-39-40-41-42-43-44-45-47-48-50-52-54-57-60-63-66-72(75)78-69-70(68-77-71(74)65-62-59-56-18-15-12-9-6-3)79-73(76)67-64-61-58-55-53-51-49-46-28-26-24-22-20-17-14-11-8-5-2/h27,29,70H,4-26,28,30-69H2,1-3H3/b29-27-. The van der Waals surface area contributed by atoms with Gasteiger partial charge in [-0.1, -0.05) is 367 Å². The molecule has 0 aliphatic carbocycles. The Morgan fingerprint density at radius 1 is 0.241 bits per heavy atom. The van der Waals surface area contributed by atoms with Crippen molar-refractivity contribution in [3.63, 3.8) is 0 Å². The number of ether oxygens (including phenoxy) is 3. The van der Waals surface area contributed by atoms with Crippen LogP contribution in [0.1, 0.15) is 419 Å². The largest absolute Gasteiger partial charge is 0.462 e. The summed E-state index contributed by atoms with van der Waals surface area (Å²) in [5.74, 6) is -0.834. The van der Waals surface area contributed by atoms with Crippen LogP contribution in [0, 0.1) is 0 Å². The number of unbranched alkanes of at least 4 members (excludes halogenated alkanes) is 55. The van der Waals surface area contributed by atoms with Gasteiger partial charge in [0.15, 0.2) is 6.10 Å². The molecule has 0 spiro atoms. The summed E-state index contributed by atoms with van der Waals surface area (Å²) in [4.78, 5) is 38.2. The summed E-state index contributed by atoms with van der Waals surface area (Å²) in [7, 11) is 0. The first-order chi connectivity index (χ1) is 39.0. The topological polar surface area (TPSA) is 78.9 Å². The second-order valence-electron chi connectivity index (χ2n) is 24.9. The minimum Gasteiger partial charge on any atom is -0.462 e. The molecule has 0 aromatic heterocycles. The van der Waals surface area contributed by atoms with Crippen molar-refractivity contribution in [3.8, 4) is 0 Å². The molecule has 1 unspecified atom stereocenters. The van der Waals surface area contributed by atoms with Gasteiger partial charge in [-0.25, -0.2) is 0 Å². The number of carbonyl (C=O) groups is 3. The van der Waals surface area contributed by atoms with Gasteiger partial charge in [-0.2, -0.15) is 0 Å². The molecule has 79 heavy (non-hydrogen) atoms. The van der Waals surface area contributed by atoms with E-state index in [0.29, 0.717) is 19.3 Å². The molecule has 0 saturated carbocycles. The molecule has 0 aromatic rings. The van der Waals surface area contributed by atoms with Crippen molar-refractivity contribution >= 4 is 17.9 Å². The second kappa shape index (κ2) is 68.6. The summed E-state index contributed by atoms with van der Waals surface area (Å²) in [6.07, 6.45) is 82.9. The van der Waals surface area contributed by atoms with Gasteiger partial charge in [0.1, 0.15) is 13.2 Å². The Hall–Kier alpha value is -1.85. The zero-order chi connectivity index (χ0) is 57.1. The van der Waals surface area contributed by atoms with E-state index >= 15 is 0 Å². The van der Waals surface area contributed by atoms with E-state index in [4.69, 9.17) is 14.2 Å². The van der Waals surface area contributed by atoms with E-state index in [2.05, 4.69) is 32.9 Å². The van der Waals surface area contributed by atoms with Crippen molar-refractivity contribution in [1.29, 1.82) is 0 Å². The third-order valence-corrected chi connectivity index (χ3v) is 16.8. The lowest BCUT2D eigenvalue weighted by atomic mass is 10.0. The van der Waals surface area contributed by atoms with Gasteiger partial charge in [-0.05, 0) is 44.9 Å². The third kappa shape index (κ3) is 66.8. The Morgan fingerprint density at radius 3 is 0.633 bits per heavy atom. The summed E-state index contributed by atoms with van der Waals surface area (Å²) >= 11 is 0. The molecule has 0 rings (SSSR count). The van der Waals surface area contributed by atoms with Gasteiger partial charge in [0.2, 0.25) is 0 Å². The maximum Gasteiger partial charge on any atom is 0.306 e. The molecule has 0 aliphatic heterocycles. The Kier molecular flexibility index (Phi) is 67.0. The van der Waals surface area contributed by atoms with Gasteiger partial charge in [-0.3, -0.25) is 14.4 Å². The SMILES string of the molecule is CCCCCCCCCC/C=C\CCCCCCCCCCCCCCCCCCCCCCCCCC(=O)OCC(COC(=O)CCCCCCCCCC)OC(=O)CCCCCCCCCCCCCCCCCCCC. The van der Waals surface area contributed by atoms with Gasteiger partial charge in [0, 0.05) is 19.3 Å². The van der Waals surface area contributed by atoms with Gasteiger partial charge in [0.25, 0.3) is 0 Å². The highest BCUT2D eigenvalue weighted by molar-refractivity contribution is 5.71. The van der Waals surface area contributed by atoms with Gasteiger partial charge < -0.3 is 14.2 Å². The Labute approximate surface area is 494 Å². The summed E-state index contributed by atoms with van der Waals surface area (Å²) in [6, 6.07) is 0. The molecule has 0 aromatic carbocycles. The van der Waals surface area contributed by atoms with Crippen LogP contribution in [-0.4, -0.2) is 37.2 Å². The fourth-order valence-electron chi connectivity index (χ4n) is 11.3. The highest BCUT2D eigenvalue weighted by Gasteiger charge is 2.19. The third-order valence-electron chi connectivity index (χ3n) is 16.8. The van der Waals surface area contributed by atoms with Crippen LogP contribution in [0.25, 0.3) is 0 Å². The van der Waals surface area contributed by atoms with Crippen molar-refractivity contribution in [2.24, 2.45) is 0 Å². The first-order valence-corrected chi connectivity index (χ1v) is 36.2. The van der Waals surface area contributed by atoms with Crippen LogP contribution in [-0.2, 0) is 28.6 Å². The fraction of sp³-hybridized carbons (Fsp3) is 0.932. The molecule has 0 amide bonds. The first kappa shape index (κ1) is 77.2. The van der Waals surface area contributed by atoms with Crippen molar-refractivity contribution in [2.45, 2.75) is 425 Å². The van der Waals surface area contributed by atoms with Crippen molar-refractivity contribution in [3.05, 3.63) is 12.2 Å². The normalized spacial score (nSPS) is 12.0. The maximum absolute atomic E-state index is 12.9. The minimum absolute atomic E-state index is 0.0622. The highest BCUT2D eigenvalue weighted by Crippen LogP contribution is 2.19. The van der Waals surface area contributed by atoms with Crippen LogP contribution in [0.3, 0.4) is 0 Å². The van der Waals surface area contributed by atoms with E-state index in [0.717, 1.165) is 57.8 Å². The van der Waals surface area contributed by atoms with Crippen LogP contribution < -0.4 is 0 Å². The average Bonchev–Trinajstić information content (AvgIpc) is 3.45. The molecular formula is C73H140O6. The van der Waals surface area contributed by atoms with Gasteiger partial charge >= 0.3 is 17.9 Å². The molecule has 0 saturated heterocycles. The predicted octanol–water partition coefficient (Wildman–Crippen LogP) is 24.8. The molecule has 0 fully saturated rings. The molecule has 0 aliphatic rings. The van der Waals surface area contributed by atoms with E-state index in [-0.39, 0.29) is 31.1 Å². The molecular weight excluding hydrogens is 973 g/mol. The molecule has 1 atom stereocenters. The summed E-state index contributed by atoms with van der Waals surface area (Å²) < 4.78 is 16.9. The number of allylic oxidation sites excluding steroid dienone is 2. The Balaban J connectivity index is 3.93. The first-order valence-electron chi connectivity index (χ1n) is 36.2. The molecule has 0 heterocycles. The fourth-order valence-corrected chi connectivity index (χ4v) is 11.3. The Morgan fingerprint density at radius 2 is 0.418 bits per heavy atom. The monoisotopic (exact) mass is 1110 g/mol. The summed E-state index contributed by atoms with van der Waals surface area (Å²) in [6.45, 7) is 6.69. The van der Waals surface area contributed by atoms with Crippen LogP contribution in [0.2, 0.25) is 0 Å². The lowest BCUT2D eigenvalue weighted by Gasteiger charge is -2.18. The average molecular weight is 1110 g/mol. The zero-order valence-electron chi connectivity index (χ0n) is 53.9. The minimum atomic E-state index is -0.763. The van der Waals surface area contributed by atoms with E-state index < -0.39 is 6.10 Å². The predicted molar refractivity (Wildman–Crippen MR) is 344 cm³/mol. The number of rotatable bonds is 68. The van der Waals surface area contributed by atoms with E-state index in [1.165, 1.54) is 321 Å². The highest BCUT2D eigenvalue weighted by atomic mass is 16.6. The van der Waals surface area contributed by atoms with Crippen molar-refractivity contribution < 1.29 is 28.6 Å². The second-order valence-corrected chi connectivity index (χ2v) is 24.9. The molecule has 0 bridgehead atoms. The van der Waals surface area contributed by atoms with Crippen molar-refractivity contribution in [1.82, 2.24) is 0 Å². The van der Waals surface area contributed by atoms with Crippen molar-refractivity contribution in [2.75, 3.05) is 13.2 Å². The number of esters is 3. The van der Waals surface area contributed by atoms with Crippen LogP contribution >= 0.6 is 0 Å². The van der Waals surface area contributed by atoms with E-state index in [9.17, 15) is 14.4 Å². The molecule has 468 valence electrons. The summed E-state index contributed by atoms with van der Waals surface area (Å²) in [5.41, 5.74) is 0. The zero-order valence-corrected chi connectivity index (χ0v) is 53.9. The Bertz CT molecular complexity index is 1230. The number of hydrogen-bond donors (Lipinski definition) is 0. The lowest BCUT2D eigenvalue weighted by Crippen LogP contribution is -2.30. The van der Waals surface area contributed by atoms with Gasteiger partial charge in [-0.15, -0.1) is 0 Å². The number of carbonyl (C=O) groups excluding carboxylic acids is 3. The molecule has 6 heteroatoms. The van der Waals surface area contributed by atoms with Gasteiger partial charge in [0.05, 0.1) is 0 Å². The van der Waals surface area contributed by atoms with E-state index in [1.54, 1.807) is 0 Å². The van der Waals surface area contributed by atoms with Crippen LogP contribution in [0.4, 0.5) is 0 Å². The summed E-state index contributed by atoms with van der Waals surface area (Å²) in [5, 5.41) is 0. The molecule has 0 radical (unpaired) electrons. The molecule has 0 N–H and O–H groups in total. The number of hydrogen-bond acceptors (Lipinski definition) is 6. The molecule has 6 nitrogen and oxygen atoms in total. The smallest absolute Gasteiger partial charge is 0.306 e.